The van der Waals surface area contributed by atoms with E-state index in [4.69, 9.17) is 17.3 Å². The monoisotopic (exact) mass is 355 g/mol. The molecule has 4 nitrogen and oxygen atoms in total. The molecule has 2 aromatic rings. The molecular weight excluding hydrogens is 342 g/mol. The predicted octanol–water partition coefficient (Wildman–Crippen LogP) is 3.63. The van der Waals surface area contributed by atoms with Gasteiger partial charge in [0.2, 0.25) is 0 Å². The van der Waals surface area contributed by atoms with Crippen LogP contribution in [0.15, 0.2) is 22.7 Å². The number of nitrogens with two attached hydrogens (primary N) is 1. The van der Waals surface area contributed by atoms with Gasteiger partial charge in [-0.3, -0.25) is 9.48 Å². The van der Waals surface area contributed by atoms with Gasteiger partial charge in [-0.05, 0) is 48.0 Å². The average Bonchev–Trinajstić information content (AvgIpc) is 2.65. The van der Waals surface area contributed by atoms with Gasteiger partial charge in [-0.25, -0.2) is 0 Å². The summed E-state index contributed by atoms with van der Waals surface area (Å²) in [4.78, 5) is 12.4. The predicted molar refractivity (Wildman–Crippen MR) is 84.2 cm³/mol. The molecule has 6 heteroatoms. The number of nitrogen functional groups attached to an aromatic ring is 1. The number of nitrogens with zero attached hydrogens (tertiary/aromatic N) is 2. The first-order valence-corrected chi connectivity index (χ1v) is 7.40. The van der Waals surface area contributed by atoms with Gasteiger partial charge >= 0.3 is 0 Å². The minimum atomic E-state index is -0.0329. The highest BCUT2D eigenvalue weighted by molar-refractivity contribution is 9.10. The van der Waals surface area contributed by atoms with Crippen LogP contribution in [-0.4, -0.2) is 15.6 Å². The first-order valence-electron chi connectivity index (χ1n) is 6.23. The quantitative estimate of drug-likeness (QED) is 0.672. The molecule has 0 aliphatic rings. The van der Waals surface area contributed by atoms with Gasteiger partial charge in [0, 0.05) is 22.8 Å². The number of rotatable bonds is 4. The number of hydrogen-bond donors (Lipinski definition) is 1. The lowest BCUT2D eigenvalue weighted by Crippen LogP contribution is -2.10. The summed E-state index contributed by atoms with van der Waals surface area (Å²) in [7, 11) is 0. The van der Waals surface area contributed by atoms with E-state index < -0.39 is 0 Å². The Morgan fingerprint density at radius 1 is 1.45 bits per heavy atom. The normalized spacial score (nSPS) is 10.8. The van der Waals surface area contributed by atoms with Crippen molar-refractivity contribution in [3.63, 3.8) is 0 Å². The van der Waals surface area contributed by atoms with Crippen LogP contribution in [-0.2, 0) is 13.0 Å². The molecule has 0 fully saturated rings. The Kier molecular flexibility index (Phi) is 4.50. The van der Waals surface area contributed by atoms with Gasteiger partial charge in [-0.2, -0.15) is 5.10 Å². The van der Waals surface area contributed by atoms with Gasteiger partial charge in [0.15, 0.2) is 5.78 Å². The Hall–Kier alpha value is -1.33. The summed E-state index contributed by atoms with van der Waals surface area (Å²) in [5, 5.41) is 4.84. The number of carbonyl (C=O) groups is 1. The molecule has 0 aliphatic heterocycles. The molecule has 0 spiro atoms. The van der Waals surface area contributed by atoms with Crippen molar-refractivity contribution in [3.05, 3.63) is 44.6 Å². The molecule has 2 rings (SSSR count). The maximum absolute atomic E-state index is 12.4. The molecule has 0 atom stereocenters. The summed E-state index contributed by atoms with van der Waals surface area (Å²) in [5.74, 6) is -0.0329. The molecule has 106 valence electrons. The second kappa shape index (κ2) is 5.97. The topological polar surface area (TPSA) is 60.9 Å². The molecule has 0 radical (unpaired) electrons. The highest BCUT2D eigenvalue weighted by atomic mass is 79.9. The van der Waals surface area contributed by atoms with Crippen molar-refractivity contribution in [1.82, 2.24) is 9.78 Å². The Morgan fingerprint density at radius 2 is 2.15 bits per heavy atom. The number of anilines is 1. The van der Waals surface area contributed by atoms with Crippen molar-refractivity contribution in [1.29, 1.82) is 0 Å². The van der Waals surface area contributed by atoms with Crippen LogP contribution in [0.3, 0.4) is 0 Å². The van der Waals surface area contributed by atoms with Crippen molar-refractivity contribution in [2.75, 3.05) is 5.73 Å². The summed E-state index contributed by atoms with van der Waals surface area (Å²) >= 11 is 9.42. The maximum Gasteiger partial charge on any atom is 0.168 e. The number of carbonyl (C=O) groups excluding carboxylic acids is 1. The Labute approximate surface area is 131 Å². The molecule has 0 aliphatic carbocycles. The van der Waals surface area contributed by atoms with E-state index in [0.717, 1.165) is 15.9 Å². The highest BCUT2D eigenvalue weighted by Gasteiger charge is 2.17. The van der Waals surface area contributed by atoms with Gasteiger partial charge < -0.3 is 5.73 Å². The molecule has 0 unspecified atom stereocenters. The zero-order chi connectivity index (χ0) is 14.9. The molecule has 2 N–H and O–H groups in total. The standard InChI is InChI=1S/C14H15BrClN3O/c1-3-19-12(14(15)8(2)18-19)7-13(20)9-4-10(16)6-11(17)5-9/h4-6H,3,7,17H2,1-2H3. The number of aryl methyl sites for hydroxylation is 2. The Bertz CT molecular complexity index is 646. The number of halogens is 2. The lowest BCUT2D eigenvalue weighted by atomic mass is 10.1. The first kappa shape index (κ1) is 15.1. The maximum atomic E-state index is 12.4. The molecule has 20 heavy (non-hydrogen) atoms. The van der Waals surface area contributed by atoms with Crippen molar-refractivity contribution in [2.24, 2.45) is 0 Å². The molecular formula is C14H15BrClN3O. The van der Waals surface area contributed by atoms with Gasteiger partial charge in [0.25, 0.3) is 0 Å². The summed E-state index contributed by atoms with van der Waals surface area (Å²) in [6.45, 7) is 4.61. The molecule has 0 bridgehead atoms. The fourth-order valence-electron chi connectivity index (χ4n) is 2.07. The van der Waals surface area contributed by atoms with E-state index in [9.17, 15) is 4.79 Å². The highest BCUT2D eigenvalue weighted by Crippen LogP contribution is 2.24. The van der Waals surface area contributed by atoms with Crippen LogP contribution < -0.4 is 5.73 Å². The fourth-order valence-corrected chi connectivity index (χ4v) is 2.73. The third kappa shape index (κ3) is 3.04. The number of hydrogen-bond acceptors (Lipinski definition) is 3. The third-order valence-electron chi connectivity index (χ3n) is 3.02. The van der Waals surface area contributed by atoms with Gasteiger partial charge in [0.1, 0.15) is 0 Å². The Morgan fingerprint density at radius 3 is 2.75 bits per heavy atom. The van der Waals surface area contributed by atoms with Gasteiger partial charge in [-0.15, -0.1) is 0 Å². The van der Waals surface area contributed by atoms with E-state index in [-0.39, 0.29) is 12.2 Å². The van der Waals surface area contributed by atoms with Crippen LogP contribution in [0.25, 0.3) is 0 Å². The number of ketones is 1. The van der Waals surface area contributed by atoms with E-state index in [2.05, 4.69) is 21.0 Å². The second-order valence-electron chi connectivity index (χ2n) is 4.54. The summed E-state index contributed by atoms with van der Waals surface area (Å²) in [6.07, 6.45) is 0.259. The number of aromatic nitrogens is 2. The van der Waals surface area contributed by atoms with Crippen LogP contribution in [0.4, 0.5) is 5.69 Å². The van der Waals surface area contributed by atoms with Crippen LogP contribution in [0.2, 0.25) is 5.02 Å². The van der Waals surface area contributed by atoms with Crippen LogP contribution in [0.5, 0.6) is 0 Å². The molecule has 0 amide bonds. The SMILES string of the molecule is CCn1nc(C)c(Br)c1CC(=O)c1cc(N)cc(Cl)c1. The van der Waals surface area contributed by atoms with Crippen molar-refractivity contribution < 1.29 is 4.79 Å². The van der Waals surface area contributed by atoms with E-state index in [1.165, 1.54) is 0 Å². The Balaban J connectivity index is 2.32. The number of benzene rings is 1. The molecule has 0 saturated carbocycles. The molecule has 0 saturated heterocycles. The molecule has 1 aromatic heterocycles. The van der Waals surface area contributed by atoms with Crippen LogP contribution >= 0.6 is 27.5 Å². The second-order valence-corrected chi connectivity index (χ2v) is 5.76. The van der Waals surface area contributed by atoms with Gasteiger partial charge in [-0.1, -0.05) is 11.6 Å². The first-order chi connectivity index (χ1) is 9.42. The van der Waals surface area contributed by atoms with Crippen LogP contribution in [0, 0.1) is 6.92 Å². The minimum Gasteiger partial charge on any atom is -0.399 e. The largest absolute Gasteiger partial charge is 0.399 e. The molecule has 1 heterocycles. The fraction of sp³-hybridized carbons (Fsp3) is 0.286. The summed E-state index contributed by atoms with van der Waals surface area (Å²) < 4.78 is 2.70. The van der Waals surface area contributed by atoms with E-state index in [1.807, 2.05) is 18.5 Å². The smallest absolute Gasteiger partial charge is 0.168 e. The summed E-state index contributed by atoms with van der Waals surface area (Å²) in [6, 6.07) is 4.89. The van der Waals surface area contributed by atoms with Crippen molar-refractivity contribution in [3.8, 4) is 0 Å². The zero-order valence-corrected chi connectivity index (χ0v) is 13.6. The minimum absolute atomic E-state index is 0.0329. The third-order valence-corrected chi connectivity index (χ3v) is 4.27. The molecule has 1 aromatic carbocycles. The summed E-state index contributed by atoms with van der Waals surface area (Å²) in [5.41, 5.74) is 8.46. The number of Topliss-reactive ketones (excluding diaryl/α,β-unsaturated/α-hetero) is 1. The van der Waals surface area contributed by atoms with Crippen molar-refractivity contribution in [2.45, 2.75) is 26.8 Å². The van der Waals surface area contributed by atoms with E-state index >= 15 is 0 Å². The zero-order valence-electron chi connectivity index (χ0n) is 11.3. The van der Waals surface area contributed by atoms with E-state index in [1.54, 1.807) is 18.2 Å². The lowest BCUT2D eigenvalue weighted by Gasteiger charge is -2.06. The van der Waals surface area contributed by atoms with E-state index in [0.29, 0.717) is 22.8 Å². The van der Waals surface area contributed by atoms with Crippen molar-refractivity contribution >= 4 is 39.0 Å². The average molecular weight is 357 g/mol. The van der Waals surface area contributed by atoms with Crippen LogP contribution in [0.1, 0.15) is 28.7 Å². The van der Waals surface area contributed by atoms with Gasteiger partial charge in [0.05, 0.1) is 22.3 Å². The lowest BCUT2D eigenvalue weighted by molar-refractivity contribution is 0.0990.